The first-order valence-corrected chi connectivity index (χ1v) is 6.04. The maximum absolute atomic E-state index is 11.8. The van der Waals surface area contributed by atoms with Gasteiger partial charge in [-0.2, -0.15) is 0 Å². The Labute approximate surface area is 115 Å². The number of rotatable bonds is 5. The number of carboxylic acids is 1. The van der Waals surface area contributed by atoms with Gasteiger partial charge in [-0.3, -0.25) is 9.78 Å². The first-order chi connectivity index (χ1) is 9.66. The van der Waals surface area contributed by atoms with Crippen LogP contribution >= 0.6 is 0 Å². The number of nitrogens with zero attached hydrogens (tertiary/aromatic N) is 2. The summed E-state index contributed by atoms with van der Waals surface area (Å²) in [7, 11) is 0. The molecule has 0 aliphatic rings. The van der Waals surface area contributed by atoms with Crippen LogP contribution in [0.2, 0.25) is 0 Å². The number of aromatic nitrogens is 2. The molecule has 2 aromatic rings. The molecular weight excluding hydrogens is 258 g/mol. The standard InChI is InChI=1S/C14H13N3O3/c18-12(4-3-10-5-8-15-9-6-10)17-11-2-1-7-16-13(11)14(19)20/h1-2,5-9H,3-4H2,(H,17,18)(H,19,20). The molecule has 2 N–H and O–H groups in total. The number of aromatic carboxylic acids is 1. The summed E-state index contributed by atoms with van der Waals surface area (Å²) in [4.78, 5) is 30.4. The first kappa shape index (κ1) is 13.7. The van der Waals surface area contributed by atoms with E-state index < -0.39 is 5.97 Å². The zero-order valence-corrected chi connectivity index (χ0v) is 10.6. The lowest BCUT2D eigenvalue weighted by atomic mass is 10.1. The van der Waals surface area contributed by atoms with Gasteiger partial charge in [0.1, 0.15) is 0 Å². The largest absolute Gasteiger partial charge is 0.476 e. The van der Waals surface area contributed by atoms with Gasteiger partial charge >= 0.3 is 5.97 Å². The van der Waals surface area contributed by atoms with E-state index in [1.807, 2.05) is 12.1 Å². The predicted molar refractivity (Wildman–Crippen MR) is 72.4 cm³/mol. The summed E-state index contributed by atoms with van der Waals surface area (Å²) < 4.78 is 0. The number of carbonyl (C=O) groups is 2. The summed E-state index contributed by atoms with van der Waals surface area (Å²) in [6.07, 6.45) is 5.53. The van der Waals surface area contributed by atoms with E-state index in [-0.39, 0.29) is 23.7 Å². The fourth-order valence-electron chi connectivity index (χ4n) is 1.70. The Morgan fingerprint density at radius 3 is 2.60 bits per heavy atom. The maximum Gasteiger partial charge on any atom is 0.356 e. The number of aryl methyl sites for hydroxylation is 1. The molecule has 0 aromatic carbocycles. The van der Waals surface area contributed by atoms with Crippen LogP contribution in [-0.2, 0) is 11.2 Å². The molecular formula is C14H13N3O3. The van der Waals surface area contributed by atoms with Crippen molar-refractivity contribution in [3.8, 4) is 0 Å². The molecule has 0 unspecified atom stereocenters. The van der Waals surface area contributed by atoms with Crippen molar-refractivity contribution in [2.75, 3.05) is 5.32 Å². The molecule has 2 aromatic heterocycles. The van der Waals surface area contributed by atoms with Crippen LogP contribution in [0.1, 0.15) is 22.5 Å². The predicted octanol–water partition coefficient (Wildman–Crippen LogP) is 1.75. The fourth-order valence-corrected chi connectivity index (χ4v) is 1.70. The van der Waals surface area contributed by atoms with E-state index >= 15 is 0 Å². The van der Waals surface area contributed by atoms with Crippen molar-refractivity contribution in [2.24, 2.45) is 0 Å². The lowest BCUT2D eigenvalue weighted by Crippen LogP contribution is -2.16. The molecule has 0 aliphatic heterocycles. The highest BCUT2D eigenvalue weighted by molar-refractivity contribution is 5.99. The molecule has 2 heterocycles. The third kappa shape index (κ3) is 3.61. The van der Waals surface area contributed by atoms with Gasteiger partial charge in [-0.15, -0.1) is 0 Å². The van der Waals surface area contributed by atoms with Crippen molar-refractivity contribution >= 4 is 17.6 Å². The van der Waals surface area contributed by atoms with Gasteiger partial charge in [0.2, 0.25) is 5.91 Å². The molecule has 0 atom stereocenters. The van der Waals surface area contributed by atoms with Crippen molar-refractivity contribution in [1.82, 2.24) is 9.97 Å². The molecule has 0 fully saturated rings. The summed E-state index contributed by atoms with van der Waals surface area (Å²) in [5, 5.41) is 11.5. The number of hydrogen-bond donors (Lipinski definition) is 2. The van der Waals surface area contributed by atoms with Gasteiger partial charge in [0, 0.05) is 25.0 Å². The molecule has 6 heteroatoms. The van der Waals surface area contributed by atoms with Gasteiger partial charge in [-0.05, 0) is 36.2 Å². The molecule has 6 nitrogen and oxygen atoms in total. The van der Waals surface area contributed by atoms with Gasteiger partial charge in [0.05, 0.1) is 5.69 Å². The number of hydrogen-bond acceptors (Lipinski definition) is 4. The number of pyridine rings is 2. The summed E-state index contributed by atoms with van der Waals surface area (Å²) >= 11 is 0. The van der Waals surface area contributed by atoms with Crippen molar-refractivity contribution in [3.63, 3.8) is 0 Å². The van der Waals surface area contributed by atoms with E-state index in [0.29, 0.717) is 6.42 Å². The second-order valence-electron chi connectivity index (χ2n) is 4.11. The van der Waals surface area contributed by atoms with E-state index in [0.717, 1.165) is 5.56 Å². The van der Waals surface area contributed by atoms with Gasteiger partial charge in [0.15, 0.2) is 5.69 Å². The number of carbonyl (C=O) groups excluding carboxylic acids is 1. The number of amides is 1. The second-order valence-corrected chi connectivity index (χ2v) is 4.11. The summed E-state index contributed by atoms with van der Waals surface area (Å²) in [5.41, 5.74) is 1.05. The fraction of sp³-hybridized carbons (Fsp3) is 0.143. The normalized spacial score (nSPS) is 10.0. The van der Waals surface area contributed by atoms with Crippen LogP contribution in [0.25, 0.3) is 0 Å². The summed E-state index contributed by atoms with van der Waals surface area (Å²) in [5.74, 6) is -1.42. The van der Waals surface area contributed by atoms with Crippen LogP contribution in [0, 0.1) is 0 Å². The van der Waals surface area contributed by atoms with E-state index in [1.54, 1.807) is 18.5 Å². The molecule has 20 heavy (non-hydrogen) atoms. The maximum atomic E-state index is 11.8. The number of anilines is 1. The Kier molecular flexibility index (Phi) is 4.39. The lowest BCUT2D eigenvalue weighted by Gasteiger charge is -2.07. The Balaban J connectivity index is 1.97. The molecule has 0 aliphatic carbocycles. The van der Waals surface area contributed by atoms with Crippen LogP contribution in [0.15, 0.2) is 42.9 Å². The Hall–Kier alpha value is -2.76. The zero-order chi connectivity index (χ0) is 14.4. The Morgan fingerprint density at radius 2 is 1.90 bits per heavy atom. The highest BCUT2D eigenvalue weighted by Gasteiger charge is 2.13. The van der Waals surface area contributed by atoms with Crippen molar-refractivity contribution in [3.05, 3.63) is 54.1 Å². The molecule has 0 spiro atoms. The van der Waals surface area contributed by atoms with Crippen molar-refractivity contribution in [2.45, 2.75) is 12.8 Å². The molecule has 0 bridgehead atoms. The van der Waals surface area contributed by atoms with Crippen molar-refractivity contribution < 1.29 is 14.7 Å². The lowest BCUT2D eigenvalue weighted by molar-refractivity contribution is -0.116. The van der Waals surface area contributed by atoms with Crippen LogP contribution in [0.4, 0.5) is 5.69 Å². The van der Waals surface area contributed by atoms with E-state index in [9.17, 15) is 9.59 Å². The van der Waals surface area contributed by atoms with Gasteiger partial charge in [0.25, 0.3) is 0 Å². The third-order valence-corrected chi connectivity index (χ3v) is 2.67. The highest BCUT2D eigenvalue weighted by Crippen LogP contribution is 2.12. The quantitative estimate of drug-likeness (QED) is 0.864. The zero-order valence-electron chi connectivity index (χ0n) is 10.6. The summed E-state index contributed by atoms with van der Waals surface area (Å²) in [6, 6.07) is 6.76. The Bertz CT molecular complexity index is 614. The molecule has 0 saturated heterocycles. The van der Waals surface area contributed by atoms with Gasteiger partial charge in [-0.25, -0.2) is 9.78 Å². The molecule has 1 amide bonds. The third-order valence-electron chi connectivity index (χ3n) is 2.67. The SMILES string of the molecule is O=C(CCc1ccncc1)Nc1cccnc1C(=O)O. The second kappa shape index (κ2) is 6.42. The monoisotopic (exact) mass is 271 g/mol. The molecule has 2 rings (SSSR count). The van der Waals surface area contributed by atoms with E-state index in [1.165, 1.54) is 12.3 Å². The minimum Gasteiger partial charge on any atom is -0.476 e. The van der Waals surface area contributed by atoms with Gasteiger partial charge in [-0.1, -0.05) is 0 Å². The molecule has 0 radical (unpaired) electrons. The topological polar surface area (TPSA) is 92.2 Å². The van der Waals surface area contributed by atoms with Crippen LogP contribution < -0.4 is 5.32 Å². The van der Waals surface area contributed by atoms with E-state index in [4.69, 9.17) is 5.11 Å². The van der Waals surface area contributed by atoms with Crippen LogP contribution in [0.3, 0.4) is 0 Å². The first-order valence-electron chi connectivity index (χ1n) is 6.04. The van der Waals surface area contributed by atoms with Crippen molar-refractivity contribution in [1.29, 1.82) is 0 Å². The molecule has 0 saturated carbocycles. The van der Waals surface area contributed by atoms with Gasteiger partial charge < -0.3 is 10.4 Å². The Morgan fingerprint density at radius 1 is 1.15 bits per heavy atom. The summed E-state index contributed by atoms with van der Waals surface area (Å²) in [6.45, 7) is 0. The average molecular weight is 271 g/mol. The van der Waals surface area contributed by atoms with E-state index in [2.05, 4.69) is 15.3 Å². The molecule has 102 valence electrons. The smallest absolute Gasteiger partial charge is 0.356 e. The van der Waals surface area contributed by atoms with Crippen LogP contribution in [0.5, 0.6) is 0 Å². The number of nitrogens with one attached hydrogen (secondary N) is 1. The van der Waals surface area contributed by atoms with Crippen LogP contribution in [-0.4, -0.2) is 27.0 Å². The number of carboxylic acid groups (broad SMARTS) is 1. The highest BCUT2D eigenvalue weighted by atomic mass is 16.4. The minimum atomic E-state index is -1.17. The minimum absolute atomic E-state index is 0.162. The average Bonchev–Trinajstić information content (AvgIpc) is 2.46.